The van der Waals surface area contributed by atoms with E-state index in [2.05, 4.69) is 10.2 Å². The third-order valence-corrected chi connectivity index (χ3v) is 2.15. The predicted octanol–water partition coefficient (Wildman–Crippen LogP) is 1.35. The van der Waals surface area contributed by atoms with Crippen LogP contribution in [0.2, 0.25) is 0 Å². The van der Waals surface area contributed by atoms with Gasteiger partial charge in [-0.1, -0.05) is 0 Å². The second-order valence-electron chi connectivity index (χ2n) is 3.94. The molecule has 0 aliphatic rings. The Balaban J connectivity index is 2.48. The molecule has 0 radical (unpaired) electrons. The normalized spacial score (nSPS) is 10.4. The van der Waals surface area contributed by atoms with Gasteiger partial charge >= 0.3 is 0 Å². The zero-order valence-corrected chi connectivity index (χ0v) is 9.63. The molecule has 16 heavy (non-hydrogen) atoms. The van der Waals surface area contributed by atoms with E-state index in [1.165, 1.54) is 12.1 Å². The van der Waals surface area contributed by atoms with E-state index in [1.807, 2.05) is 20.2 Å². The minimum absolute atomic E-state index is 0.358. The number of halogens is 1. The highest BCUT2D eigenvalue weighted by atomic mass is 19.1. The molecule has 1 aromatic carbocycles. The second-order valence-corrected chi connectivity index (χ2v) is 3.94. The number of nitrogens with zero attached hydrogens (tertiary/aromatic N) is 2. The van der Waals surface area contributed by atoms with Crippen molar-refractivity contribution in [3.63, 3.8) is 0 Å². The van der Waals surface area contributed by atoms with Crippen LogP contribution in [-0.2, 0) is 6.54 Å². The summed E-state index contributed by atoms with van der Waals surface area (Å²) in [4.78, 5) is 2.07. The first-order valence-electron chi connectivity index (χ1n) is 5.17. The summed E-state index contributed by atoms with van der Waals surface area (Å²) < 4.78 is 13.1. The molecule has 86 valence electrons. The smallest absolute Gasteiger partial charge is 0.124 e. The molecule has 1 N–H and O–H groups in total. The summed E-state index contributed by atoms with van der Waals surface area (Å²) in [5.41, 5.74) is 1.17. The highest BCUT2D eigenvalue weighted by molar-refractivity contribution is 5.33. The molecule has 0 aliphatic heterocycles. The molecular formula is C12H16FN3. The maximum atomic E-state index is 13.1. The third-order valence-electron chi connectivity index (χ3n) is 2.15. The standard InChI is InChI=1S/C12H16FN3/c1-16(2)4-3-15-9-11-5-10(8-14)6-12(13)7-11/h5-7,15H,3-4,9H2,1-2H3. The zero-order valence-electron chi connectivity index (χ0n) is 9.63. The van der Waals surface area contributed by atoms with E-state index < -0.39 is 0 Å². The van der Waals surface area contributed by atoms with Crippen LogP contribution in [0.1, 0.15) is 11.1 Å². The van der Waals surface area contributed by atoms with Gasteiger partial charge in [0.2, 0.25) is 0 Å². The molecule has 0 unspecified atom stereocenters. The molecule has 4 heteroatoms. The Morgan fingerprint density at radius 3 is 2.75 bits per heavy atom. The first-order valence-corrected chi connectivity index (χ1v) is 5.17. The fourth-order valence-corrected chi connectivity index (χ4v) is 1.35. The number of benzene rings is 1. The molecule has 0 aromatic heterocycles. The van der Waals surface area contributed by atoms with Gasteiger partial charge in [-0.2, -0.15) is 5.26 Å². The van der Waals surface area contributed by atoms with Gasteiger partial charge in [-0.05, 0) is 37.9 Å². The highest BCUT2D eigenvalue weighted by Crippen LogP contribution is 2.08. The maximum Gasteiger partial charge on any atom is 0.124 e. The van der Waals surface area contributed by atoms with Gasteiger partial charge in [0, 0.05) is 19.6 Å². The van der Waals surface area contributed by atoms with Crippen molar-refractivity contribution < 1.29 is 4.39 Å². The lowest BCUT2D eigenvalue weighted by Crippen LogP contribution is -2.26. The monoisotopic (exact) mass is 221 g/mol. The Kier molecular flexibility index (Phi) is 4.90. The van der Waals surface area contributed by atoms with Crippen LogP contribution >= 0.6 is 0 Å². The van der Waals surface area contributed by atoms with Gasteiger partial charge in [0.05, 0.1) is 11.6 Å². The van der Waals surface area contributed by atoms with Crippen molar-refractivity contribution in [2.75, 3.05) is 27.2 Å². The van der Waals surface area contributed by atoms with E-state index in [4.69, 9.17) is 5.26 Å². The molecule has 0 amide bonds. The van der Waals surface area contributed by atoms with Gasteiger partial charge in [-0.3, -0.25) is 0 Å². The summed E-state index contributed by atoms with van der Waals surface area (Å²) in [7, 11) is 4.00. The number of hydrogen-bond donors (Lipinski definition) is 1. The van der Waals surface area contributed by atoms with Crippen LogP contribution in [0.3, 0.4) is 0 Å². The van der Waals surface area contributed by atoms with E-state index in [0.717, 1.165) is 18.7 Å². The predicted molar refractivity (Wildman–Crippen MR) is 61.4 cm³/mol. The van der Waals surface area contributed by atoms with Gasteiger partial charge in [0.1, 0.15) is 5.82 Å². The van der Waals surface area contributed by atoms with Gasteiger partial charge in [0.15, 0.2) is 0 Å². The molecule has 0 fully saturated rings. The third kappa shape index (κ3) is 4.39. The van der Waals surface area contributed by atoms with Crippen molar-refractivity contribution in [1.82, 2.24) is 10.2 Å². The van der Waals surface area contributed by atoms with Crippen LogP contribution in [0.25, 0.3) is 0 Å². The van der Waals surface area contributed by atoms with Crippen molar-refractivity contribution >= 4 is 0 Å². The molecule has 0 spiro atoms. The van der Waals surface area contributed by atoms with Crippen molar-refractivity contribution in [2.24, 2.45) is 0 Å². The van der Waals surface area contributed by atoms with E-state index in [-0.39, 0.29) is 5.82 Å². The van der Waals surface area contributed by atoms with Gasteiger partial charge in [-0.15, -0.1) is 0 Å². The first kappa shape index (κ1) is 12.6. The van der Waals surface area contributed by atoms with Crippen LogP contribution in [-0.4, -0.2) is 32.1 Å². The molecule has 0 heterocycles. The van der Waals surface area contributed by atoms with Gasteiger partial charge in [-0.25, -0.2) is 4.39 Å². The van der Waals surface area contributed by atoms with E-state index >= 15 is 0 Å². The molecule has 0 saturated heterocycles. The SMILES string of the molecule is CN(C)CCNCc1cc(F)cc(C#N)c1. The summed E-state index contributed by atoms with van der Waals surface area (Å²) in [5, 5.41) is 11.9. The maximum absolute atomic E-state index is 13.1. The molecule has 0 aliphatic carbocycles. The highest BCUT2D eigenvalue weighted by Gasteiger charge is 2.00. The Labute approximate surface area is 95.5 Å². The van der Waals surface area contributed by atoms with E-state index in [0.29, 0.717) is 12.1 Å². The van der Waals surface area contributed by atoms with Crippen molar-refractivity contribution in [1.29, 1.82) is 5.26 Å². The lowest BCUT2D eigenvalue weighted by atomic mass is 10.1. The molecule has 3 nitrogen and oxygen atoms in total. The average molecular weight is 221 g/mol. The quantitative estimate of drug-likeness (QED) is 0.763. The fourth-order valence-electron chi connectivity index (χ4n) is 1.35. The Hall–Kier alpha value is -1.44. The number of hydrogen-bond acceptors (Lipinski definition) is 3. The van der Waals surface area contributed by atoms with Crippen LogP contribution in [0, 0.1) is 17.1 Å². The topological polar surface area (TPSA) is 39.1 Å². The summed E-state index contributed by atoms with van der Waals surface area (Å²) in [5.74, 6) is -0.358. The number of rotatable bonds is 5. The Bertz CT molecular complexity index is 382. The molecule has 0 atom stereocenters. The summed E-state index contributed by atoms with van der Waals surface area (Å²) >= 11 is 0. The lowest BCUT2D eigenvalue weighted by Gasteiger charge is -2.10. The van der Waals surface area contributed by atoms with Crippen LogP contribution in [0.4, 0.5) is 4.39 Å². The lowest BCUT2D eigenvalue weighted by molar-refractivity contribution is 0.400. The molecular weight excluding hydrogens is 205 g/mol. The molecule has 1 aromatic rings. The summed E-state index contributed by atoms with van der Waals surface area (Å²) in [6, 6.07) is 6.33. The second kappa shape index (κ2) is 6.21. The van der Waals surface area contributed by atoms with Crippen molar-refractivity contribution in [3.05, 3.63) is 35.1 Å². The Morgan fingerprint density at radius 2 is 2.12 bits per heavy atom. The number of nitriles is 1. The minimum Gasteiger partial charge on any atom is -0.311 e. The molecule has 0 saturated carbocycles. The van der Waals surface area contributed by atoms with E-state index in [1.54, 1.807) is 6.07 Å². The van der Waals surface area contributed by atoms with Crippen LogP contribution in [0.15, 0.2) is 18.2 Å². The van der Waals surface area contributed by atoms with Gasteiger partial charge in [0.25, 0.3) is 0 Å². The van der Waals surface area contributed by atoms with Gasteiger partial charge < -0.3 is 10.2 Å². The van der Waals surface area contributed by atoms with Crippen LogP contribution in [0.5, 0.6) is 0 Å². The fraction of sp³-hybridized carbons (Fsp3) is 0.417. The first-order chi connectivity index (χ1) is 7.61. The van der Waals surface area contributed by atoms with Crippen molar-refractivity contribution in [2.45, 2.75) is 6.54 Å². The molecule has 1 rings (SSSR count). The summed E-state index contributed by atoms with van der Waals surface area (Å²) in [6.45, 7) is 2.35. The van der Waals surface area contributed by atoms with Crippen LogP contribution < -0.4 is 5.32 Å². The largest absolute Gasteiger partial charge is 0.311 e. The Morgan fingerprint density at radius 1 is 1.38 bits per heavy atom. The zero-order chi connectivity index (χ0) is 12.0. The van der Waals surface area contributed by atoms with E-state index in [9.17, 15) is 4.39 Å². The molecule has 0 bridgehead atoms. The summed E-state index contributed by atoms with van der Waals surface area (Å²) in [6.07, 6.45) is 0. The minimum atomic E-state index is -0.358. The number of nitrogens with one attached hydrogen (secondary N) is 1. The average Bonchev–Trinajstić information content (AvgIpc) is 2.23. The van der Waals surface area contributed by atoms with Crippen molar-refractivity contribution in [3.8, 4) is 6.07 Å². The number of likely N-dealkylation sites (N-methyl/N-ethyl adjacent to an activating group) is 1.